The Balaban J connectivity index is 1.86. The van der Waals surface area contributed by atoms with Crippen LogP contribution in [0.2, 0.25) is 0 Å². The predicted octanol–water partition coefficient (Wildman–Crippen LogP) is 3.09. The summed E-state index contributed by atoms with van der Waals surface area (Å²) in [5.41, 5.74) is -0.225. The van der Waals surface area contributed by atoms with Crippen molar-refractivity contribution in [3.8, 4) is 5.69 Å². The van der Waals surface area contributed by atoms with Crippen LogP contribution in [0.1, 0.15) is 24.2 Å². The number of anilines is 1. The summed E-state index contributed by atoms with van der Waals surface area (Å²) in [5, 5.41) is 6.30. The molecule has 7 nitrogen and oxygen atoms in total. The van der Waals surface area contributed by atoms with Gasteiger partial charge in [0.25, 0.3) is 5.91 Å². The normalized spacial score (nSPS) is 11.6. The maximum absolute atomic E-state index is 14.3. The number of hydrogen-bond donors (Lipinski definition) is 2. The van der Waals surface area contributed by atoms with Crippen LogP contribution in [0.15, 0.2) is 59.8 Å². The summed E-state index contributed by atoms with van der Waals surface area (Å²) in [4.78, 5) is 12.2. The van der Waals surface area contributed by atoms with Crippen LogP contribution in [-0.4, -0.2) is 30.1 Å². The Bertz CT molecular complexity index is 1150. The highest BCUT2D eigenvalue weighted by Crippen LogP contribution is 2.20. The molecular weight excluding hydrogens is 402 g/mol. The zero-order valence-electron chi connectivity index (χ0n) is 15.6. The first-order valence-electron chi connectivity index (χ1n) is 8.60. The third-order valence-electron chi connectivity index (χ3n) is 3.84. The van der Waals surface area contributed by atoms with E-state index in [-0.39, 0.29) is 22.3 Å². The largest absolute Gasteiger partial charge is 0.322 e. The molecule has 10 heteroatoms. The number of nitrogens with zero attached hydrogens (tertiary/aromatic N) is 2. The van der Waals surface area contributed by atoms with Gasteiger partial charge in [0.1, 0.15) is 11.5 Å². The van der Waals surface area contributed by atoms with Gasteiger partial charge in [-0.1, -0.05) is 0 Å². The number of aromatic nitrogens is 2. The van der Waals surface area contributed by atoms with Crippen LogP contribution in [0.3, 0.4) is 0 Å². The van der Waals surface area contributed by atoms with Gasteiger partial charge in [0.05, 0.1) is 10.5 Å². The molecule has 1 amide bonds. The second-order valence-electron chi connectivity index (χ2n) is 6.49. The molecule has 0 saturated carbocycles. The Hall–Kier alpha value is -3.11. The molecule has 3 rings (SSSR count). The predicted molar refractivity (Wildman–Crippen MR) is 103 cm³/mol. The van der Waals surface area contributed by atoms with Crippen molar-refractivity contribution in [1.29, 1.82) is 0 Å². The number of nitrogens with one attached hydrogen (secondary N) is 2. The van der Waals surface area contributed by atoms with Crippen LogP contribution >= 0.6 is 0 Å². The second kappa shape index (κ2) is 8.10. The number of hydrogen-bond acceptors (Lipinski definition) is 4. The lowest BCUT2D eigenvalue weighted by Gasteiger charge is -2.12. The topological polar surface area (TPSA) is 93.1 Å². The zero-order valence-corrected chi connectivity index (χ0v) is 16.4. The van der Waals surface area contributed by atoms with Gasteiger partial charge in [0.15, 0.2) is 5.82 Å². The van der Waals surface area contributed by atoms with E-state index in [0.717, 1.165) is 24.3 Å². The van der Waals surface area contributed by atoms with E-state index in [9.17, 15) is 22.0 Å². The number of carbonyl (C=O) groups is 1. The lowest BCUT2D eigenvalue weighted by atomic mass is 10.2. The van der Waals surface area contributed by atoms with Crippen LogP contribution < -0.4 is 10.0 Å². The van der Waals surface area contributed by atoms with Crippen molar-refractivity contribution in [3.63, 3.8) is 0 Å². The summed E-state index contributed by atoms with van der Waals surface area (Å²) in [7, 11) is -3.91. The highest BCUT2D eigenvalue weighted by Gasteiger charge is 2.20. The van der Waals surface area contributed by atoms with Crippen molar-refractivity contribution in [2.45, 2.75) is 24.8 Å². The van der Waals surface area contributed by atoms with Crippen molar-refractivity contribution >= 4 is 21.6 Å². The SMILES string of the molecule is CC(C)NS(=O)(=O)c1ccc(F)c(C(=O)Nc2ccc(-n3cccn3)c(F)c2)c1. The number of benzene rings is 2. The van der Waals surface area contributed by atoms with Crippen molar-refractivity contribution in [2.75, 3.05) is 5.32 Å². The van der Waals surface area contributed by atoms with Crippen LogP contribution in [0.4, 0.5) is 14.5 Å². The highest BCUT2D eigenvalue weighted by molar-refractivity contribution is 7.89. The molecule has 1 aromatic heterocycles. The van der Waals surface area contributed by atoms with Gasteiger partial charge in [-0.2, -0.15) is 5.10 Å². The summed E-state index contributed by atoms with van der Waals surface area (Å²) >= 11 is 0. The third kappa shape index (κ3) is 4.66. The quantitative estimate of drug-likeness (QED) is 0.641. The van der Waals surface area contributed by atoms with Crippen LogP contribution in [0, 0.1) is 11.6 Å². The van der Waals surface area contributed by atoms with Gasteiger partial charge in [0, 0.05) is 24.1 Å². The van der Waals surface area contributed by atoms with Gasteiger partial charge in [-0.05, 0) is 56.3 Å². The Kier molecular flexibility index (Phi) is 5.76. The Labute approximate surface area is 166 Å². The van der Waals surface area contributed by atoms with E-state index in [0.29, 0.717) is 0 Å². The summed E-state index contributed by atoms with van der Waals surface area (Å²) < 4.78 is 56.6. The monoisotopic (exact) mass is 420 g/mol. The zero-order chi connectivity index (χ0) is 21.2. The van der Waals surface area contributed by atoms with Gasteiger partial charge in [-0.3, -0.25) is 4.79 Å². The fraction of sp³-hybridized carbons (Fsp3) is 0.158. The van der Waals surface area contributed by atoms with E-state index in [1.165, 1.54) is 23.0 Å². The van der Waals surface area contributed by atoms with Crippen LogP contribution in [0.5, 0.6) is 0 Å². The number of amides is 1. The smallest absolute Gasteiger partial charge is 0.258 e. The van der Waals surface area contributed by atoms with Crippen molar-refractivity contribution < 1.29 is 22.0 Å². The van der Waals surface area contributed by atoms with E-state index < -0.39 is 33.1 Å². The maximum Gasteiger partial charge on any atom is 0.258 e. The lowest BCUT2D eigenvalue weighted by molar-refractivity contribution is 0.102. The Morgan fingerprint density at radius 2 is 1.86 bits per heavy atom. The number of carbonyl (C=O) groups excluding carboxylic acids is 1. The molecule has 0 radical (unpaired) electrons. The average molecular weight is 420 g/mol. The second-order valence-corrected chi connectivity index (χ2v) is 8.20. The Morgan fingerprint density at radius 3 is 2.48 bits per heavy atom. The molecule has 0 atom stereocenters. The minimum Gasteiger partial charge on any atom is -0.322 e. The average Bonchev–Trinajstić information content (AvgIpc) is 3.15. The molecule has 29 heavy (non-hydrogen) atoms. The molecule has 0 fully saturated rings. The van der Waals surface area contributed by atoms with Crippen LogP contribution in [-0.2, 0) is 10.0 Å². The molecule has 0 aliphatic heterocycles. The molecule has 2 aromatic carbocycles. The molecule has 0 aliphatic carbocycles. The molecule has 0 saturated heterocycles. The third-order valence-corrected chi connectivity index (χ3v) is 5.50. The summed E-state index contributed by atoms with van der Waals surface area (Å²) in [6.45, 7) is 3.27. The van der Waals surface area contributed by atoms with E-state index in [1.54, 1.807) is 26.1 Å². The van der Waals surface area contributed by atoms with Crippen molar-refractivity contribution in [3.05, 3.63) is 72.1 Å². The molecule has 0 aliphatic rings. The highest BCUT2D eigenvalue weighted by atomic mass is 32.2. The first-order valence-corrected chi connectivity index (χ1v) is 10.1. The molecule has 2 N–H and O–H groups in total. The molecule has 0 spiro atoms. The number of sulfonamides is 1. The Morgan fingerprint density at radius 1 is 1.10 bits per heavy atom. The van der Waals surface area contributed by atoms with Crippen molar-refractivity contribution in [1.82, 2.24) is 14.5 Å². The number of rotatable bonds is 6. The molecule has 3 aromatic rings. The standard InChI is InChI=1S/C19H18F2N4O3S/c1-12(2)24-29(27,28)14-5-6-16(20)15(11-14)19(26)23-13-4-7-18(17(21)10-13)25-9-3-8-22-25/h3-12,24H,1-2H3,(H,23,26). The van der Waals surface area contributed by atoms with E-state index in [4.69, 9.17) is 0 Å². The van der Waals surface area contributed by atoms with Gasteiger partial charge in [-0.25, -0.2) is 26.6 Å². The summed E-state index contributed by atoms with van der Waals surface area (Å²) in [6.07, 6.45) is 3.05. The van der Waals surface area contributed by atoms with Gasteiger partial charge in [-0.15, -0.1) is 0 Å². The molecular formula is C19H18F2N4O3S. The first-order chi connectivity index (χ1) is 13.7. The van der Waals surface area contributed by atoms with Gasteiger partial charge >= 0.3 is 0 Å². The van der Waals surface area contributed by atoms with Gasteiger partial charge in [0.2, 0.25) is 10.0 Å². The van der Waals surface area contributed by atoms with Crippen LogP contribution in [0.25, 0.3) is 5.69 Å². The minimum absolute atomic E-state index is 0.0800. The van der Waals surface area contributed by atoms with Crippen molar-refractivity contribution in [2.24, 2.45) is 0 Å². The first kappa shape index (κ1) is 20.6. The van der Waals surface area contributed by atoms with E-state index in [2.05, 4.69) is 15.1 Å². The fourth-order valence-electron chi connectivity index (χ4n) is 2.60. The van der Waals surface area contributed by atoms with E-state index >= 15 is 0 Å². The number of halogens is 2. The fourth-order valence-corrected chi connectivity index (χ4v) is 3.88. The summed E-state index contributed by atoms with van der Waals surface area (Å²) in [5.74, 6) is -2.46. The van der Waals surface area contributed by atoms with Gasteiger partial charge < -0.3 is 5.32 Å². The lowest BCUT2D eigenvalue weighted by Crippen LogP contribution is -2.30. The minimum atomic E-state index is -3.91. The van der Waals surface area contributed by atoms with E-state index in [1.807, 2.05) is 0 Å². The molecule has 1 heterocycles. The molecule has 0 bridgehead atoms. The summed E-state index contributed by atoms with van der Waals surface area (Å²) in [6, 6.07) is 8.04. The maximum atomic E-state index is 14.3. The molecule has 0 unspecified atom stereocenters. The molecule has 152 valence electrons.